The molecule has 2 aromatic heterocycles. The van der Waals surface area contributed by atoms with Crippen molar-refractivity contribution in [2.75, 3.05) is 30.4 Å². The summed E-state index contributed by atoms with van der Waals surface area (Å²) in [6.07, 6.45) is 5.70. The number of ether oxygens (including phenoxy) is 1. The molecule has 3 heterocycles. The number of nitrogens with zero attached hydrogens (tertiary/aromatic N) is 5. The zero-order valence-electron chi connectivity index (χ0n) is 20.5. The summed E-state index contributed by atoms with van der Waals surface area (Å²) in [7, 11) is 1.54. The second-order valence-electron chi connectivity index (χ2n) is 7.58. The van der Waals surface area contributed by atoms with Crippen LogP contribution in [0, 0.1) is 0 Å². The van der Waals surface area contributed by atoms with Crippen LogP contribution in [0.4, 0.5) is 11.8 Å². The lowest BCUT2D eigenvalue weighted by molar-refractivity contribution is 0.0950. The van der Waals surface area contributed by atoms with E-state index in [0.29, 0.717) is 42.5 Å². The molecule has 0 bridgehead atoms. The smallest absolute Gasteiger partial charge is 0.256 e. The Kier molecular flexibility index (Phi) is 6.86. The van der Waals surface area contributed by atoms with Crippen LogP contribution in [0.1, 0.15) is 37.3 Å². The molecule has 1 fully saturated rings. The summed E-state index contributed by atoms with van der Waals surface area (Å²) in [5.41, 5.74) is 1.02. The highest BCUT2D eigenvalue weighted by molar-refractivity contribution is 6.32. The Balaban J connectivity index is 1.59. The first-order valence-electron chi connectivity index (χ1n) is 11.7. The van der Waals surface area contributed by atoms with E-state index in [0.717, 1.165) is 5.56 Å². The molecule has 11 heteroatoms. The van der Waals surface area contributed by atoms with Gasteiger partial charge in [-0.05, 0) is 36.6 Å². The van der Waals surface area contributed by atoms with Crippen molar-refractivity contribution in [3.05, 3.63) is 64.8 Å². The Labute approximate surface area is 205 Å². The van der Waals surface area contributed by atoms with Crippen LogP contribution in [0.15, 0.2) is 42.9 Å². The van der Waals surface area contributed by atoms with Crippen molar-refractivity contribution in [2.45, 2.75) is 32.0 Å². The fourth-order valence-electron chi connectivity index (χ4n) is 3.63. The molecule has 3 aromatic rings. The number of anilines is 2. The normalized spacial score (nSPS) is 16.6. The van der Waals surface area contributed by atoms with Crippen molar-refractivity contribution >= 4 is 29.3 Å². The number of rotatable bonds is 9. The average Bonchev–Trinajstić information content (AvgIpc) is 3.37. The highest BCUT2D eigenvalue weighted by Gasteiger charge is 2.27. The minimum atomic E-state index is -2.42. The SMILES string of the molecule is [2H][13C]([2H])(O)[13C@@H]1[13CH2][13CH2][13CH2][15N]1c1ncc(C(=O)NCc2ncccn2)c(NCc2ccc(OC)c(Cl)c2)n1. The molecule has 178 valence electrons. The second-order valence-corrected chi connectivity index (χ2v) is 7.99. The third-order valence-corrected chi connectivity index (χ3v) is 5.68. The molecule has 0 radical (unpaired) electrons. The zero-order chi connectivity index (χ0) is 25.7. The minimum Gasteiger partial charge on any atom is -0.495 e. The number of hydrogen-bond acceptors (Lipinski definition) is 9. The van der Waals surface area contributed by atoms with E-state index in [9.17, 15) is 9.90 Å². The summed E-state index contributed by atoms with van der Waals surface area (Å²) in [6.45, 7) is -1.52. The number of methoxy groups -OCH3 is 1. The predicted octanol–water partition coefficient (Wildman–Crippen LogP) is 2.43. The van der Waals surface area contributed by atoms with Gasteiger partial charge in [0.15, 0.2) is 0 Å². The van der Waals surface area contributed by atoms with Crippen molar-refractivity contribution in [2.24, 2.45) is 0 Å². The molecule has 1 aromatic carbocycles. The first-order chi connectivity index (χ1) is 17.3. The van der Waals surface area contributed by atoms with Crippen molar-refractivity contribution in [3.63, 3.8) is 0 Å². The van der Waals surface area contributed by atoms with Gasteiger partial charge in [0, 0.05) is 31.7 Å². The summed E-state index contributed by atoms with van der Waals surface area (Å²) >= 11 is 6.24. The number of aliphatic hydroxyl groups is 1. The standard InChI is InChI=1S/C23H26ClN7O3/c1-34-19-6-5-15(10-18(19)24)11-27-21-17(22(33)28-13-20-25-7-3-8-26-20)12-29-23(30-21)31-9-2-4-16(31)14-32/h3,5-8,10,12,16,32H,2,4,9,11,13-14H2,1H3,(H,28,33)(H,27,29,30)/t16-/m0/s1/i2+1,4+1,9+1,14+1D2,16+1,31+1. The Morgan fingerprint density at radius 2 is 2.15 bits per heavy atom. The van der Waals surface area contributed by atoms with E-state index in [1.807, 2.05) is 6.07 Å². The van der Waals surface area contributed by atoms with Gasteiger partial charge < -0.3 is 25.4 Å². The maximum Gasteiger partial charge on any atom is 0.256 e. The van der Waals surface area contributed by atoms with Gasteiger partial charge in [0.1, 0.15) is 23.0 Å². The van der Waals surface area contributed by atoms with E-state index < -0.39 is 18.5 Å². The van der Waals surface area contributed by atoms with Gasteiger partial charge in [-0.1, -0.05) is 17.7 Å². The van der Waals surface area contributed by atoms with Gasteiger partial charge >= 0.3 is 0 Å². The average molecular weight is 492 g/mol. The molecular weight excluding hydrogens is 464 g/mol. The molecule has 0 spiro atoms. The molecule has 0 saturated carbocycles. The van der Waals surface area contributed by atoms with E-state index in [2.05, 4.69) is 30.6 Å². The van der Waals surface area contributed by atoms with Crippen molar-refractivity contribution in [1.82, 2.24) is 25.3 Å². The van der Waals surface area contributed by atoms with Crippen LogP contribution in [-0.2, 0) is 13.1 Å². The molecular formula is C23H26ClN7O3. The Morgan fingerprint density at radius 3 is 2.88 bits per heavy atom. The minimum absolute atomic E-state index is 0.119. The molecule has 1 atom stereocenters. The third-order valence-electron chi connectivity index (χ3n) is 5.38. The summed E-state index contributed by atoms with van der Waals surface area (Å²) < 4.78 is 20.7. The van der Waals surface area contributed by atoms with Gasteiger partial charge in [-0.3, -0.25) is 4.79 Å². The Hall–Kier alpha value is -3.50. The lowest BCUT2D eigenvalue weighted by Crippen LogP contribution is -2.34. The lowest BCUT2D eigenvalue weighted by atomic mass is 10.2. The molecule has 4 rings (SSSR count). The topological polar surface area (TPSA) is 125 Å². The molecule has 34 heavy (non-hydrogen) atoms. The van der Waals surface area contributed by atoms with Crippen molar-refractivity contribution in [3.8, 4) is 5.75 Å². The lowest BCUT2D eigenvalue weighted by Gasteiger charge is -2.24. The second kappa shape index (κ2) is 11.1. The highest BCUT2D eigenvalue weighted by atomic mass is 35.5. The van der Waals surface area contributed by atoms with E-state index in [-0.39, 0.29) is 23.9 Å². The Bertz CT molecular complexity index is 1210. The zero-order valence-corrected chi connectivity index (χ0v) is 19.3. The number of hydrogen-bond donors (Lipinski definition) is 3. The molecule has 1 aliphatic heterocycles. The van der Waals surface area contributed by atoms with Crippen LogP contribution in [0.5, 0.6) is 5.75 Å². The maximum absolute atomic E-state index is 13.0. The molecule has 10 nitrogen and oxygen atoms in total. The molecule has 0 aliphatic carbocycles. The molecule has 1 saturated heterocycles. The summed E-state index contributed by atoms with van der Waals surface area (Å²) in [4.78, 5) is 31.7. The number of carbonyl (C=O) groups excluding carboxylic acids is 1. The fourth-order valence-corrected chi connectivity index (χ4v) is 3.91. The van der Waals surface area contributed by atoms with E-state index in [1.165, 1.54) is 13.3 Å². The number of carbonyl (C=O) groups is 1. The first kappa shape index (κ1) is 21.1. The van der Waals surface area contributed by atoms with Gasteiger partial charge in [0.25, 0.3) is 5.91 Å². The van der Waals surface area contributed by atoms with Crippen LogP contribution < -0.4 is 20.3 Å². The number of benzene rings is 1. The first-order valence-corrected chi connectivity index (χ1v) is 11.1. The molecule has 1 aliphatic rings. The van der Waals surface area contributed by atoms with Gasteiger partial charge in [-0.25, -0.2) is 15.0 Å². The number of nitrogens with one attached hydrogen (secondary N) is 2. The van der Waals surface area contributed by atoms with E-state index in [4.69, 9.17) is 19.1 Å². The predicted molar refractivity (Wildman–Crippen MR) is 128 cm³/mol. The van der Waals surface area contributed by atoms with Crippen LogP contribution in [-0.4, -0.2) is 57.2 Å². The summed E-state index contributed by atoms with van der Waals surface area (Å²) in [6, 6.07) is 6.23. The third kappa shape index (κ3) is 5.52. The number of amides is 1. The van der Waals surface area contributed by atoms with E-state index >= 15 is 0 Å². The van der Waals surface area contributed by atoms with Crippen LogP contribution in [0.2, 0.25) is 5.02 Å². The van der Waals surface area contributed by atoms with Crippen molar-refractivity contribution in [1.29, 1.82) is 0 Å². The fraction of sp³-hybridized carbons (Fsp3) is 0.348. The summed E-state index contributed by atoms with van der Waals surface area (Å²) in [5.74, 6) is 1.04. The van der Waals surface area contributed by atoms with Crippen LogP contribution in [0.3, 0.4) is 0 Å². The van der Waals surface area contributed by atoms with Gasteiger partial charge in [-0.15, -0.1) is 0 Å². The monoisotopic (exact) mass is 491 g/mol. The molecule has 1 amide bonds. The quantitative estimate of drug-likeness (QED) is 0.305. The van der Waals surface area contributed by atoms with E-state index in [1.54, 1.807) is 35.5 Å². The Morgan fingerprint density at radius 1 is 1.32 bits per heavy atom. The number of aromatic nitrogens is 4. The highest BCUT2D eigenvalue weighted by Crippen LogP contribution is 2.27. The van der Waals surface area contributed by atoms with Gasteiger partial charge in [0.2, 0.25) is 5.95 Å². The largest absolute Gasteiger partial charge is 0.495 e. The summed E-state index contributed by atoms with van der Waals surface area (Å²) in [5, 5.41) is 16.4. The van der Waals surface area contributed by atoms with Crippen molar-refractivity contribution < 1.29 is 17.4 Å². The van der Waals surface area contributed by atoms with Crippen LogP contribution >= 0.6 is 11.6 Å². The molecule has 0 unspecified atom stereocenters. The maximum atomic E-state index is 13.0. The number of halogens is 1. The van der Waals surface area contributed by atoms with Gasteiger partial charge in [0.05, 0.1) is 34.0 Å². The van der Waals surface area contributed by atoms with Crippen LogP contribution in [0.25, 0.3) is 0 Å². The van der Waals surface area contributed by atoms with Gasteiger partial charge in [-0.2, -0.15) is 4.98 Å². The molecule has 3 N–H and O–H groups in total.